The molecule has 6 nitrogen and oxygen atoms in total. The number of aromatic nitrogens is 3. The van der Waals surface area contributed by atoms with Crippen LogP contribution in [0.2, 0.25) is 0 Å². The first kappa shape index (κ1) is 17.5. The number of hydrogen-bond acceptors (Lipinski definition) is 6. The van der Waals surface area contributed by atoms with Gasteiger partial charge in [-0.25, -0.2) is 4.98 Å². The first-order valence-electron chi connectivity index (χ1n) is 6.92. The zero-order chi connectivity index (χ0) is 17.7. The standard InChI is InChI=1S/C15H14F3N5O/c1-9-10(2)22-23-14(12(9)6-19)21-7-11-3-4-20-13(5-11)24-8-15(16,17)18/h3-5H,7-8H2,1-2H3,(H,21,23). The van der Waals surface area contributed by atoms with Crippen molar-refractivity contribution in [3.05, 3.63) is 40.7 Å². The van der Waals surface area contributed by atoms with Gasteiger partial charge in [-0.2, -0.15) is 23.5 Å². The van der Waals surface area contributed by atoms with Crippen molar-refractivity contribution in [3.8, 4) is 11.9 Å². The lowest BCUT2D eigenvalue weighted by atomic mass is 10.1. The predicted molar refractivity (Wildman–Crippen MR) is 79.3 cm³/mol. The molecular formula is C15H14F3N5O. The number of anilines is 1. The van der Waals surface area contributed by atoms with E-state index in [-0.39, 0.29) is 12.4 Å². The Morgan fingerprint density at radius 1 is 1.29 bits per heavy atom. The third kappa shape index (κ3) is 4.55. The van der Waals surface area contributed by atoms with E-state index in [9.17, 15) is 18.4 Å². The maximum atomic E-state index is 12.2. The van der Waals surface area contributed by atoms with Crippen LogP contribution in [0.25, 0.3) is 0 Å². The normalized spacial score (nSPS) is 11.0. The summed E-state index contributed by atoms with van der Waals surface area (Å²) in [6.07, 6.45) is -3.08. The Bertz CT molecular complexity index is 771. The molecule has 0 radical (unpaired) electrons. The van der Waals surface area contributed by atoms with Crippen molar-refractivity contribution in [2.24, 2.45) is 0 Å². The van der Waals surface area contributed by atoms with Crippen molar-refractivity contribution in [3.63, 3.8) is 0 Å². The van der Waals surface area contributed by atoms with Gasteiger partial charge in [0.25, 0.3) is 0 Å². The number of alkyl halides is 3. The Labute approximate surface area is 136 Å². The third-order valence-corrected chi connectivity index (χ3v) is 3.21. The SMILES string of the molecule is Cc1nnc(NCc2ccnc(OCC(F)(F)F)c2)c(C#N)c1C. The minimum Gasteiger partial charge on any atom is -0.468 e. The van der Waals surface area contributed by atoms with E-state index in [1.807, 2.05) is 0 Å². The summed E-state index contributed by atoms with van der Waals surface area (Å²) < 4.78 is 41.1. The van der Waals surface area contributed by atoms with Crippen LogP contribution in [0.3, 0.4) is 0 Å². The van der Waals surface area contributed by atoms with Crippen LogP contribution in [0.5, 0.6) is 5.88 Å². The van der Waals surface area contributed by atoms with Crippen LogP contribution >= 0.6 is 0 Å². The molecule has 0 saturated heterocycles. The number of halogens is 3. The Hall–Kier alpha value is -2.89. The van der Waals surface area contributed by atoms with E-state index in [0.29, 0.717) is 22.6 Å². The Morgan fingerprint density at radius 2 is 2.04 bits per heavy atom. The molecule has 0 atom stereocenters. The molecule has 0 spiro atoms. The molecule has 0 aliphatic rings. The number of pyridine rings is 1. The number of nitrogens with one attached hydrogen (secondary N) is 1. The maximum Gasteiger partial charge on any atom is 0.422 e. The first-order chi connectivity index (χ1) is 11.3. The van der Waals surface area contributed by atoms with E-state index in [1.54, 1.807) is 19.9 Å². The highest BCUT2D eigenvalue weighted by molar-refractivity contribution is 5.55. The molecule has 2 rings (SSSR count). The summed E-state index contributed by atoms with van der Waals surface area (Å²) in [5.74, 6) is 0.188. The molecule has 0 saturated carbocycles. The minimum absolute atomic E-state index is 0.127. The van der Waals surface area contributed by atoms with Crippen LogP contribution in [0, 0.1) is 25.2 Å². The fourth-order valence-corrected chi connectivity index (χ4v) is 1.85. The maximum absolute atomic E-state index is 12.2. The average Bonchev–Trinajstić information content (AvgIpc) is 2.54. The molecule has 0 amide bonds. The van der Waals surface area contributed by atoms with Crippen LogP contribution < -0.4 is 10.1 Å². The predicted octanol–water partition coefficient (Wildman–Crippen LogP) is 2.91. The summed E-state index contributed by atoms with van der Waals surface area (Å²) in [6.45, 7) is 2.35. The van der Waals surface area contributed by atoms with Gasteiger partial charge in [0.1, 0.15) is 11.6 Å². The number of nitrogens with zero attached hydrogens (tertiary/aromatic N) is 4. The summed E-state index contributed by atoms with van der Waals surface area (Å²) in [5.41, 5.74) is 2.39. The molecule has 0 fully saturated rings. The molecule has 0 aromatic carbocycles. The van der Waals surface area contributed by atoms with Gasteiger partial charge in [0, 0.05) is 18.8 Å². The van der Waals surface area contributed by atoms with Gasteiger partial charge >= 0.3 is 6.18 Å². The zero-order valence-corrected chi connectivity index (χ0v) is 13.0. The second kappa shape index (κ2) is 7.12. The lowest BCUT2D eigenvalue weighted by molar-refractivity contribution is -0.154. The zero-order valence-electron chi connectivity index (χ0n) is 13.0. The second-order valence-corrected chi connectivity index (χ2v) is 5.01. The van der Waals surface area contributed by atoms with Crippen molar-refractivity contribution in [2.75, 3.05) is 11.9 Å². The van der Waals surface area contributed by atoms with Crippen LogP contribution in [0.15, 0.2) is 18.3 Å². The lowest BCUT2D eigenvalue weighted by Gasteiger charge is -2.11. The van der Waals surface area contributed by atoms with Crippen molar-refractivity contribution >= 4 is 5.82 Å². The molecule has 24 heavy (non-hydrogen) atoms. The Kier molecular flexibility index (Phi) is 5.18. The summed E-state index contributed by atoms with van der Waals surface area (Å²) in [7, 11) is 0. The van der Waals surface area contributed by atoms with Gasteiger partial charge in [-0.15, -0.1) is 5.10 Å². The molecule has 0 aliphatic heterocycles. The van der Waals surface area contributed by atoms with Crippen molar-refractivity contribution in [1.29, 1.82) is 5.26 Å². The van der Waals surface area contributed by atoms with E-state index in [1.165, 1.54) is 12.3 Å². The summed E-state index contributed by atoms with van der Waals surface area (Å²) >= 11 is 0. The van der Waals surface area contributed by atoms with Gasteiger partial charge in [-0.05, 0) is 31.0 Å². The second-order valence-electron chi connectivity index (χ2n) is 5.01. The molecule has 126 valence electrons. The largest absolute Gasteiger partial charge is 0.468 e. The molecule has 0 bridgehead atoms. The van der Waals surface area contributed by atoms with Gasteiger partial charge < -0.3 is 10.1 Å². The molecule has 0 aliphatic carbocycles. The van der Waals surface area contributed by atoms with Gasteiger partial charge in [-0.1, -0.05) is 0 Å². The molecular weight excluding hydrogens is 323 g/mol. The monoisotopic (exact) mass is 337 g/mol. The summed E-state index contributed by atoms with van der Waals surface area (Å²) in [5, 5.41) is 20.0. The molecule has 0 unspecified atom stereocenters. The number of ether oxygens (including phenoxy) is 1. The fourth-order valence-electron chi connectivity index (χ4n) is 1.85. The summed E-state index contributed by atoms with van der Waals surface area (Å²) in [4.78, 5) is 3.73. The summed E-state index contributed by atoms with van der Waals surface area (Å²) in [6, 6.07) is 5.07. The van der Waals surface area contributed by atoms with E-state index in [2.05, 4.69) is 31.3 Å². The number of hydrogen-bond donors (Lipinski definition) is 1. The number of nitriles is 1. The average molecular weight is 337 g/mol. The van der Waals surface area contributed by atoms with Crippen LogP contribution in [0.1, 0.15) is 22.4 Å². The minimum atomic E-state index is -4.42. The van der Waals surface area contributed by atoms with Crippen molar-refractivity contribution in [2.45, 2.75) is 26.6 Å². The Morgan fingerprint density at radius 3 is 2.71 bits per heavy atom. The van der Waals surface area contributed by atoms with Crippen LogP contribution in [0.4, 0.5) is 19.0 Å². The topological polar surface area (TPSA) is 83.7 Å². The highest BCUT2D eigenvalue weighted by Gasteiger charge is 2.28. The van der Waals surface area contributed by atoms with Gasteiger partial charge in [-0.3, -0.25) is 0 Å². The third-order valence-electron chi connectivity index (χ3n) is 3.21. The van der Waals surface area contributed by atoms with Crippen molar-refractivity contribution in [1.82, 2.24) is 15.2 Å². The molecule has 2 aromatic rings. The van der Waals surface area contributed by atoms with Crippen molar-refractivity contribution < 1.29 is 17.9 Å². The first-order valence-corrected chi connectivity index (χ1v) is 6.92. The smallest absolute Gasteiger partial charge is 0.422 e. The number of aryl methyl sites for hydroxylation is 1. The quantitative estimate of drug-likeness (QED) is 0.903. The lowest BCUT2D eigenvalue weighted by Crippen LogP contribution is -2.19. The van der Waals surface area contributed by atoms with Crippen LogP contribution in [-0.4, -0.2) is 28.0 Å². The van der Waals surface area contributed by atoms with E-state index in [0.717, 1.165) is 5.56 Å². The van der Waals surface area contributed by atoms with E-state index >= 15 is 0 Å². The molecule has 2 heterocycles. The van der Waals surface area contributed by atoms with Gasteiger partial charge in [0.2, 0.25) is 5.88 Å². The van der Waals surface area contributed by atoms with E-state index < -0.39 is 12.8 Å². The highest BCUT2D eigenvalue weighted by Crippen LogP contribution is 2.20. The molecule has 1 N–H and O–H groups in total. The van der Waals surface area contributed by atoms with Crippen LogP contribution in [-0.2, 0) is 6.54 Å². The Balaban J connectivity index is 2.08. The van der Waals surface area contributed by atoms with Gasteiger partial charge in [0.15, 0.2) is 12.4 Å². The molecule has 9 heteroatoms. The highest BCUT2D eigenvalue weighted by atomic mass is 19.4. The molecule has 2 aromatic heterocycles. The van der Waals surface area contributed by atoms with Gasteiger partial charge in [0.05, 0.1) is 5.69 Å². The number of rotatable bonds is 5. The fraction of sp³-hybridized carbons (Fsp3) is 0.333. The van der Waals surface area contributed by atoms with E-state index in [4.69, 9.17) is 0 Å².